The normalized spacial score (nSPS) is 11.5. The van der Waals surface area contributed by atoms with E-state index in [1.54, 1.807) is 0 Å². The van der Waals surface area contributed by atoms with Gasteiger partial charge in [0.2, 0.25) is 0 Å². The van der Waals surface area contributed by atoms with E-state index in [4.69, 9.17) is 4.74 Å². The summed E-state index contributed by atoms with van der Waals surface area (Å²) in [6.45, 7) is 12.5. The van der Waals surface area contributed by atoms with Crippen LogP contribution < -0.4 is 10.6 Å². The molecule has 2 N–H and O–H groups in total. The molecule has 0 saturated heterocycles. The maximum absolute atomic E-state index is 5.33. The summed E-state index contributed by atoms with van der Waals surface area (Å²) < 4.78 is 5.33. The quantitative estimate of drug-likeness (QED) is 0.419. The fourth-order valence-electron chi connectivity index (χ4n) is 2.29. The molecule has 0 unspecified atom stereocenters. The van der Waals surface area contributed by atoms with Gasteiger partial charge in [-0.25, -0.2) is 0 Å². The highest BCUT2D eigenvalue weighted by molar-refractivity contribution is 5.79. The molecule has 0 heterocycles. The average molecular weight is 305 g/mol. The molecule has 4 nitrogen and oxygen atoms in total. The number of aryl methyl sites for hydroxylation is 2. The van der Waals surface area contributed by atoms with Crippen molar-refractivity contribution in [3.05, 3.63) is 34.9 Å². The zero-order valence-electron chi connectivity index (χ0n) is 14.5. The fraction of sp³-hybridized carbons (Fsp3) is 0.611. The fourth-order valence-corrected chi connectivity index (χ4v) is 2.29. The molecule has 1 aromatic rings. The zero-order chi connectivity index (χ0) is 16.2. The van der Waals surface area contributed by atoms with Gasteiger partial charge in [-0.1, -0.05) is 23.8 Å². The Hall–Kier alpha value is -1.55. The molecule has 0 spiro atoms. The Labute approximate surface area is 135 Å². The van der Waals surface area contributed by atoms with E-state index in [2.05, 4.69) is 54.6 Å². The van der Waals surface area contributed by atoms with Crippen LogP contribution in [0.1, 0.15) is 37.0 Å². The highest BCUT2D eigenvalue weighted by Crippen LogP contribution is 2.10. The molecule has 1 rings (SSSR count). The minimum atomic E-state index is 0.776. The summed E-state index contributed by atoms with van der Waals surface area (Å²) in [6, 6.07) is 6.64. The topological polar surface area (TPSA) is 45.7 Å². The molecule has 22 heavy (non-hydrogen) atoms. The van der Waals surface area contributed by atoms with Gasteiger partial charge in [-0.3, -0.25) is 4.99 Å². The smallest absolute Gasteiger partial charge is 0.191 e. The summed E-state index contributed by atoms with van der Waals surface area (Å²) in [5.74, 6) is 0.892. The molecule has 124 valence electrons. The van der Waals surface area contributed by atoms with Gasteiger partial charge in [-0.2, -0.15) is 0 Å². The molecule has 0 fully saturated rings. The molecule has 0 aromatic heterocycles. The van der Waals surface area contributed by atoms with Crippen LogP contribution in [0.5, 0.6) is 0 Å². The Morgan fingerprint density at radius 1 is 1.18 bits per heavy atom. The maximum atomic E-state index is 5.33. The Morgan fingerprint density at radius 3 is 2.68 bits per heavy atom. The third-order valence-corrected chi connectivity index (χ3v) is 3.45. The summed E-state index contributed by atoms with van der Waals surface area (Å²) >= 11 is 0. The van der Waals surface area contributed by atoms with Gasteiger partial charge in [0.1, 0.15) is 0 Å². The van der Waals surface area contributed by atoms with Crippen molar-refractivity contribution in [1.29, 1.82) is 0 Å². The lowest BCUT2D eigenvalue weighted by Crippen LogP contribution is -2.38. The summed E-state index contributed by atoms with van der Waals surface area (Å²) in [5, 5.41) is 6.68. The number of guanidine groups is 1. The zero-order valence-corrected chi connectivity index (χ0v) is 14.5. The molecule has 1 aromatic carbocycles. The van der Waals surface area contributed by atoms with Gasteiger partial charge in [0.25, 0.3) is 0 Å². The Kier molecular flexibility index (Phi) is 9.31. The molecular formula is C18H31N3O. The van der Waals surface area contributed by atoms with Crippen LogP contribution in [0.25, 0.3) is 0 Å². The largest absolute Gasteiger partial charge is 0.382 e. The van der Waals surface area contributed by atoms with E-state index in [9.17, 15) is 0 Å². The minimum absolute atomic E-state index is 0.776. The predicted octanol–water partition coefficient (Wildman–Crippen LogP) is 2.83. The number of nitrogens with zero attached hydrogens (tertiary/aromatic N) is 1. The van der Waals surface area contributed by atoms with Gasteiger partial charge < -0.3 is 15.4 Å². The van der Waals surface area contributed by atoms with Crippen LogP contribution in [0, 0.1) is 13.8 Å². The monoisotopic (exact) mass is 305 g/mol. The van der Waals surface area contributed by atoms with E-state index >= 15 is 0 Å². The van der Waals surface area contributed by atoms with E-state index in [0.29, 0.717) is 0 Å². The molecule has 0 bridgehead atoms. The van der Waals surface area contributed by atoms with Crippen molar-refractivity contribution in [3.63, 3.8) is 0 Å². The van der Waals surface area contributed by atoms with Gasteiger partial charge in [0.15, 0.2) is 5.96 Å². The third-order valence-electron chi connectivity index (χ3n) is 3.45. The van der Waals surface area contributed by atoms with Crippen LogP contribution in [0.4, 0.5) is 0 Å². The van der Waals surface area contributed by atoms with E-state index in [0.717, 1.165) is 51.6 Å². The van der Waals surface area contributed by atoms with Crippen molar-refractivity contribution in [2.45, 2.75) is 40.5 Å². The van der Waals surface area contributed by atoms with Crippen molar-refractivity contribution >= 4 is 5.96 Å². The van der Waals surface area contributed by atoms with Gasteiger partial charge in [0, 0.05) is 32.8 Å². The van der Waals surface area contributed by atoms with Crippen molar-refractivity contribution in [2.75, 3.05) is 32.8 Å². The molecule has 0 saturated carbocycles. The van der Waals surface area contributed by atoms with Crippen LogP contribution >= 0.6 is 0 Å². The SMILES string of the molecule is CCNC(=NCCCOCC)NCCc1ccc(C)cc1C. The molecular weight excluding hydrogens is 274 g/mol. The molecule has 0 radical (unpaired) electrons. The summed E-state index contributed by atoms with van der Waals surface area (Å²) in [5.41, 5.74) is 4.07. The standard InChI is InChI=1S/C18H31N3O/c1-5-19-18(20-11-7-13-22-6-2)21-12-10-17-9-8-15(3)14-16(17)4/h8-9,14H,5-7,10-13H2,1-4H3,(H2,19,20,21). The lowest BCUT2D eigenvalue weighted by molar-refractivity contribution is 0.146. The van der Waals surface area contributed by atoms with Gasteiger partial charge >= 0.3 is 0 Å². The molecule has 0 aliphatic rings. The third kappa shape index (κ3) is 7.46. The number of rotatable bonds is 9. The van der Waals surface area contributed by atoms with Crippen LogP contribution in [0.15, 0.2) is 23.2 Å². The minimum Gasteiger partial charge on any atom is -0.382 e. The number of aliphatic imine (C=N–C) groups is 1. The number of nitrogens with one attached hydrogen (secondary N) is 2. The maximum Gasteiger partial charge on any atom is 0.191 e. The van der Waals surface area contributed by atoms with Crippen molar-refractivity contribution in [3.8, 4) is 0 Å². The van der Waals surface area contributed by atoms with E-state index in [1.165, 1.54) is 16.7 Å². The first kappa shape index (κ1) is 18.5. The van der Waals surface area contributed by atoms with Crippen LogP contribution in [0.3, 0.4) is 0 Å². The van der Waals surface area contributed by atoms with Crippen LogP contribution in [-0.2, 0) is 11.2 Å². The second-order valence-corrected chi connectivity index (χ2v) is 5.42. The Balaban J connectivity index is 2.38. The van der Waals surface area contributed by atoms with Gasteiger partial charge in [0.05, 0.1) is 0 Å². The Morgan fingerprint density at radius 2 is 2.00 bits per heavy atom. The van der Waals surface area contributed by atoms with Crippen LogP contribution in [-0.4, -0.2) is 38.8 Å². The van der Waals surface area contributed by atoms with E-state index in [1.807, 2.05) is 6.92 Å². The first-order chi connectivity index (χ1) is 10.7. The first-order valence-corrected chi connectivity index (χ1v) is 8.33. The second-order valence-electron chi connectivity index (χ2n) is 5.42. The number of benzene rings is 1. The van der Waals surface area contributed by atoms with Gasteiger partial charge in [-0.05, 0) is 51.7 Å². The van der Waals surface area contributed by atoms with E-state index in [-0.39, 0.29) is 0 Å². The molecule has 4 heteroatoms. The van der Waals surface area contributed by atoms with Crippen LogP contribution in [0.2, 0.25) is 0 Å². The number of hydrogen-bond donors (Lipinski definition) is 2. The van der Waals surface area contributed by atoms with Crippen molar-refractivity contribution in [1.82, 2.24) is 10.6 Å². The molecule has 0 amide bonds. The lowest BCUT2D eigenvalue weighted by atomic mass is 10.0. The predicted molar refractivity (Wildman–Crippen MR) is 94.7 cm³/mol. The summed E-state index contributed by atoms with van der Waals surface area (Å²) in [6.07, 6.45) is 1.97. The highest BCUT2D eigenvalue weighted by Gasteiger charge is 2.00. The lowest BCUT2D eigenvalue weighted by Gasteiger charge is -2.12. The average Bonchev–Trinajstić information content (AvgIpc) is 2.49. The summed E-state index contributed by atoms with van der Waals surface area (Å²) in [7, 11) is 0. The van der Waals surface area contributed by atoms with E-state index < -0.39 is 0 Å². The number of ether oxygens (including phenoxy) is 1. The molecule has 0 aliphatic carbocycles. The summed E-state index contributed by atoms with van der Waals surface area (Å²) in [4.78, 5) is 4.57. The van der Waals surface area contributed by atoms with Crippen molar-refractivity contribution < 1.29 is 4.74 Å². The molecule has 0 aliphatic heterocycles. The Bertz CT molecular complexity index is 458. The molecule has 0 atom stereocenters. The van der Waals surface area contributed by atoms with Gasteiger partial charge in [-0.15, -0.1) is 0 Å². The highest BCUT2D eigenvalue weighted by atomic mass is 16.5. The first-order valence-electron chi connectivity index (χ1n) is 8.33. The van der Waals surface area contributed by atoms with Crippen molar-refractivity contribution in [2.24, 2.45) is 4.99 Å². The number of hydrogen-bond acceptors (Lipinski definition) is 2. The second kappa shape index (κ2) is 11.1.